The van der Waals surface area contributed by atoms with E-state index in [0.29, 0.717) is 28.0 Å². The van der Waals surface area contributed by atoms with Crippen LogP contribution >= 0.6 is 11.6 Å². The molecule has 2 aromatic rings. The molecular formula is C16H19ClF2N4O. The summed E-state index contributed by atoms with van der Waals surface area (Å²) in [5.74, 6) is 0. The first-order valence-electron chi connectivity index (χ1n) is 7.91. The lowest BCUT2D eigenvalue weighted by Gasteiger charge is -2.26. The summed E-state index contributed by atoms with van der Waals surface area (Å²) in [6, 6.07) is 2.07. The largest absolute Gasteiger partial charge is 0.393 e. The zero-order valence-corrected chi connectivity index (χ0v) is 13.8. The molecule has 1 saturated carbocycles. The van der Waals surface area contributed by atoms with Crippen molar-refractivity contribution in [3.05, 3.63) is 35.4 Å². The SMILES string of the molecule is OC1CCC(NCc2cc(Cl)ncc2-c2cnn(C(F)F)c2)CC1. The fourth-order valence-corrected chi connectivity index (χ4v) is 3.17. The summed E-state index contributed by atoms with van der Waals surface area (Å²) in [7, 11) is 0. The molecule has 0 spiro atoms. The number of nitrogens with zero attached hydrogens (tertiary/aromatic N) is 3. The highest BCUT2D eigenvalue weighted by atomic mass is 35.5. The van der Waals surface area contributed by atoms with Gasteiger partial charge >= 0.3 is 6.55 Å². The highest BCUT2D eigenvalue weighted by molar-refractivity contribution is 6.29. The molecule has 0 aromatic carbocycles. The molecule has 24 heavy (non-hydrogen) atoms. The Bertz CT molecular complexity index is 686. The summed E-state index contributed by atoms with van der Waals surface area (Å²) in [6.45, 7) is -2.12. The Labute approximate surface area is 143 Å². The second-order valence-electron chi connectivity index (χ2n) is 6.04. The molecule has 1 fully saturated rings. The summed E-state index contributed by atoms with van der Waals surface area (Å²) in [4.78, 5) is 4.06. The van der Waals surface area contributed by atoms with E-state index in [9.17, 15) is 13.9 Å². The summed E-state index contributed by atoms with van der Waals surface area (Å²) in [6.07, 6.45) is 7.50. The third kappa shape index (κ3) is 4.09. The lowest BCUT2D eigenvalue weighted by atomic mass is 9.93. The van der Waals surface area contributed by atoms with Gasteiger partial charge in [-0.3, -0.25) is 0 Å². The van der Waals surface area contributed by atoms with Crippen LogP contribution in [0.1, 0.15) is 37.8 Å². The van der Waals surface area contributed by atoms with Gasteiger partial charge in [-0.25, -0.2) is 9.67 Å². The number of hydrogen-bond donors (Lipinski definition) is 2. The maximum Gasteiger partial charge on any atom is 0.333 e. The lowest BCUT2D eigenvalue weighted by Crippen LogP contribution is -2.34. The molecule has 0 amide bonds. The van der Waals surface area contributed by atoms with Crippen LogP contribution in [0, 0.1) is 0 Å². The number of hydrogen-bond acceptors (Lipinski definition) is 4. The third-order valence-electron chi connectivity index (χ3n) is 4.35. The molecule has 0 atom stereocenters. The Morgan fingerprint density at radius 2 is 2.04 bits per heavy atom. The van der Waals surface area contributed by atoms with Crippen LogP contribution in [-0.4, -0.2) is 32.0 Å². The maximum absolute atomic E-state index is 12.7. The molecule has 2 aromatic heterocycles. The van der Waals surface area contributed by atoms with Crippen LogP contribution in [0.15, 0.2) is 24.7 Å². The summed E-state index contributed by atoms with van der Waals surface area (Å²) in [5.41, 5.74) is 2.19. The molecule has 5 nitrogen and oxygen atoms in total. The fraction of sp³-hybridized carbons (Fsp3) is 0.500. The number of pyridine rings is 1. The van der Waals surface area contributed by atoms with Crippen molar-refractivity contribution in [2.75, 3.05) is 0 Å². The van der Waals surface area contributed by atoms with Gasteiger partial charge in [-0.2, -0.15) is 13.9 Å². The van der Waals surface area contributed by atoms with Gasteiger partial charge in [0.05, 0.1) is 12.3 Å². The first-order valence-corrected chi connectivity index (χ1v) is 8.29. The predicted molar refractivity (Wildman–Crippen MR) is 86.8 cm³/mol. The van der Waals surface area contributed by atoms with E-state index >= 15 is 0 Å². The number of aliphatic hydroxyl groups excluding tert-OH is 1. The van der Waals surface area contributed by atoms with Crippen LogP contribution in [0.5, 0.6) is 0 Å². The van der Waals surface area contributed by atoms with Crippen LogP contribution in [-0.2, 0) is 6.54 Å². The minimum Gasteiger partial charge on any atom is -0.393 e. The average Bonchev–Trinajstić information content (AvgIpc) is 3.04. The normalized spacial score (nSPS) is 21.4. The predicted octanol–water partition coefficient (Wildman–Crippen LogP) is 3.39. The quantitative estimate of drug-likeness (QED) is 0.806. The molecule has 0 unspecified atom stereocenters. The van der Waals surface area contributed by atoms with Crippen LogP contribution < -0.4 is 5.32 Å². The number of halogens is 3. The maximum atomic E-state index is 12.7. The van der Waals surface area contributed by atoms with Crippen LogP contribution in [0.4, 0.5) is 8.78 Å². The van der Waals surface area contributed by atoms with Crippen molar-refractivity contribution in [1.82, 2.24) is 20.1 Å². The van der Waals surface area contributed by atoms with Crippen molar-refractivity contribution >= 4 is 11.6 Å². The molecule has 8 heteroatoms. The molecular weight excluding hydrogens is 338 g/mol. The van der Waals surface area contributed by atoms with Crippen LogP contribution in [0.2, 0.25) is 5.15 Å². The van der Waals surface area contributed by atoms with Gasteiger partial charge in [0, 0.05) is 36.1 Å². The van der Waals surface area contributed by atoms with Gasteiger partial charge in [0.15, 0.2) is 0 Å². The number of aliphatic hydroxyl groups is 1. The number of rotatable bonds is 5. The highest BCUT2D eigenvalue weighted by Gasteiger charge is 2.19. The standard InChI is InChI=1S/C16H19ClF2N4O/c17-15-5-10(6-20-12-1-3-13(24)4-2-12)14(8-21-15)11-7-22-23(9-11)16(18)19/h5,7-9,12-13,16,20,24H,1-4,6H2. The second kappa shape index (κ2) is 7.55. The first-order chi connectivity index (χ1) is 11.5. The van der Waals surface area contributed by atoms with Gasteiger partial charge in [-0.05, 0) is 37.3 Å². The summed E-state index contributed by atoms with van der Waals surface area (Å²) in [5, 5.41) is 17.0. The third-order valence-corrected chi connectivity index (χ3v) is 4.55. The van der Waals surface area contributed by atoms with Gasteiger partial charge in [-0.1, -0.05) is 11.6 Å². The Balaban J connectivity index is 1.75. The molecule has 2 N–H and O–H groups in total. The number of nitrogens with one attached hydrogen (secondary N) is 1. The van der Waals surface area contributed by atoms with E-state index in [4.69, 9.17) is 11.6 Å². The molecule has 130 valence electrons. The number of aromatic nitrogens is 3. The Morgan fingerprint density at radius 3 is 2.71 bits per heavy atom. The van der Waals surface area contributed by atoms with Gasteiger partial charge in [0.2, 0.25) is 0 Å². The Hall–Kier alpha value is -1.57. The number of alkyl halides is 2. The molecule has 1 aliphatic rings. The first kappa shape index (κ1) is 17.3. The van der Waals surface area contributed by atoms with Gasteiger partial charge in [-0.15, -0.1) is 0 Å². The second-order valence-corrected chi connectivity index (χ2v) is 6.42. The summed E-state index contributed by atoms with van der Waals surface area (Å²) < 4.78 is 26.0. The van der Waals surface area contributed by atoms with Gasteiger partial charge < -0.3 is 10.4 Å². The van der Waals surface area contributed by atoms with Gasteiger partial charge in [0.25, 0.3) is 0 Å². The molecule has 0 saturated heterocycles. The lowest BCUT2D eigenvalue weighted by molar-refractivity contribution is 0.0566. The van der Waals surface area contributed by atoms with E-state index < -0.39 is 6.55 Å². The highest BCUT2D eigenvalue weighted by Crippen LogP contribution is 2.27. The molecule has 3 rings (SSSR count). The Morgan fingerprint density at radius 1 is 1.29 bits per heavy atom. The molecule has 0 bridgehead atoms. The van der Waals surface area contributed by atoms with Crippen LogP contribution in [0.25, 0.3) is 11.1 Å². The van der Waals surface area contributed by atoms with Crippen molar-refractivity contribution in [3.8, 4) is 11.1 Å². The average molecular weight is 357 g/mol. The van der Waals surface area contributed by atoms with Crippen molar-refractivity contribution in [3.63, 3.8) is 0 Å². The molecule has 2 heterocycles. The minimum atomic E-state index is -2.67. The van der Waals surface area contributed by atoms with Crippen LogP contribution in [0.3, 0.4) is 0 Å². The van der Waals surface area contributed by atoms with E-state index in [-0.39, 0.29) is 6.10 Å². The minimum absolute atomic E-state index is 0.200. The zero-order chi connectivity index (χ0) is 17.1. The molecule has 0 radical (unpaired) electrons. The smallest absolute Gasteiger partial charge is 0.333 e. The summed E-state index contributed by atoms with van der Waals surface area (Å²) >= 11 is 5.99. The van der Waals surface area contributed by atoms with E-state index in [1.165, 1.54) is 12.4 Å². The fourth-order valence-electron chi connectivity index (χ4n) is 2.99. The van der Waals surface area contributed by atoms with E-state index in [2.05, 4.69) is 15.4 Å². The van der Waals surface area contributed by atoms with E-state index in [1.807, 2.05) is 0 Å². The van der Waals surface area contributed by atoms with Gasteiger partial charge in [0.1, 0.15) is 5.15 Å². The van der Waals surface area contributed by atoms with Crippen molar-refractivity contribution in [2.45, 2.75) is 50.9 Å². The van der Waals surface area contributed by atoms with E-state index in [0.717, 1.165) is 36.8 Å². The van der Waals surface area contributed by atoms with Crippen molar-refractivity contribution in [1.29, 1.82) is 0 Å². The zero-order valence-electron chi connectivity index (χ0n) is 13.0. The van der Waals surface area contributed by atoms with E-state index in [1.54, 1.807) is 12.3 Å². The monoisotopic (exact) mass is 356 g/mol. The van der Waals surface area contributed by atoms with Crippen molar-refractivity contribution < 1.29 is 13.9 Å². The molecule has 1 aliphatic carbocycles. The topological polar surface area (TPSA) is 63.0 Å². The van der Waals surface area contributed by atoms with Crippen molar-refractivity contribution in [2.24, 2.45) is 0 Å². The Kier molecular flexibility index (Phi) is 5.43. The molecule has 0 aliphatic heterocycles.